The van der Waals surface area contributed by atoms with Crippen molar-refractivity contribution in [3.63, 3.8) is 0 Å². The minimum Gasteiger partial charge on any atom is -0.497 e. The van der Waals surface area contributed by atoms with Gasteiger partial charge in [0.2, 0.25) is 15.9 Å². The van der Waals surface area contributed by atoms with Crippen LogP contribution < -0.4 is 10.1 Å². The van der Waals surface area contributed by atoms with Crippen LogP contribution in [0.4, 0.5) is 0 Å². The summed E-state index contributed by atoms with van der Waals surface area (Å²) in [5.41, 5.74) is 3.27. The summed E-state index contributed by atoms with van der Waals surface area (Å²) in [4.78, 5) is 16.4. The number of fused-ring (bicyclic) bond motifs is 1. The number of sulfonamides is 1. The van der Waals surface area contributed by atoms with E-state index in [1.54, 1.807) is 33.1 Å². The van der Waals surface area contributed by atoms with Crippen LogP contribution in [-0.4, -0.2) is 60.9 Å². The highest BCUT2D eigenvalue weighted by Gasteiger charge is 2.41. The highest BCUT2D eigenvalue weighted by atomic mass is 32.2. The van der Waals surface area contributed by atoms with Gasteiger partial charge in [-0.1, -0.05) is 44.2 Å². The van der Waals surface area contributed by atoms with Gasteiger partial charge in [-0.3, -0.25) is 9.69 Å². The second-order valence-corrected chi connectivity index (χ2v) is 14.0. The Bertz CT molecular complexity index is 1480. The number of rotatable bonds is 8. The number of aryl methyl sites for hydroxylation is 2. The van der Waals surface area contributed by atoms with Crippen LogP contribution in [0.2, 0.25) is 0 Å². The molecule has 0 bridgehead atoms. The fraction of sp³-hybridized carbons (Fsp3) is 0.469. The first-order valence-electron chi connectivity index (χ1n) is 14.4. The van der Waals surface area contributed by atoms with Gasteiger partial charge in [-0.25, -0.2) is 8.42 Å². The number of methoxy groups -OCH3 is 1. The van der Waals surface area contributed by atoms with Gasteiger partial charge < -0.3 is 14.6 Å². The Labute approximate surface area is 244 Å². The lowest BCUT2D eigenvalue weighted by Crippen LogP contribution is -2.56. The molecule has 0 radical (unpaired) electrons. The second-order valence-electron chi connectivity index (χ2n) is 12.1. The summed E-state index contributed by atoms with van der Waals surface area (Å²) in [6.07, 6.45) is 2.87. The first-order chi connectivity index (χ1) is 19.5. The van der Waals surface area contributed by atoms with Gasteiger partial charge in [0.05, 0.1) is 18.0 Å². The first kappa shape index (κ1) is 29.4. The van der Waals surface area contributed by atoms with Gasteiger partial charge in [-0.05, 0) is 66.6 Å². The molecule has 0 saturated carbocycles. The number of ether oxygens (including phenoxy) is 1. The molecule has 3 heterocycles. The van der Waals surface area contributed by atoms with Crippen molar-refractivity contribution in [2.45, 2.75) is 70.6 Å². The summed E-state index contributed by atoms with van der Waals surface area (Å²) in [7, 11) is -2.31. The summed E-state index contributed by atoms with van der Waals surface area (Å²) in [5.74, 6) is 0.502. The molecule has 2 unspecified atom stereocenters. The Kier molecular flexibility index (Phi) is 8.32. The number of amides is 1. The van der Waals surface area contributed by atoms with Crippen LogP contribution in [0.1, 0.15) is 55.1 Å². The fourth-order valence-corrected chi connectivity index (χ4v) is 8.64. The Balaban J connectivity index is 1.33. The zero-order chi connectivity index (χ0) is 29.4. The fourth-order valence-electron chi connectivity index (χ4n) is 6.63. The van der Waals surface area contributed by atoms with Gasteiger partial charge in [-0.15, -0.1) is 0 Å². The molecule has 1 aromatic heterocycles. The van der Waals surface area contributed by atoms with Crippen molar-refractivity contribution in [2.75, 3.05) is 26.7 Å². The Hall–Kier alpha value is -3.14. The zero-order valence-electron chi connectivity index (χ0n) is 24.8. The van der Waals surface area contributed by atoms with Crippen LogP contribution in [0.5, 0.6) is 5.75 Å². The predicted octanol–water partition coefficient (Wildman–Crippen LogP) is 4.67. The quantitative estimate of drug-likeness (QED) is 0.420. The predicted molar refractivity (Wildman–Crippen MR) is 160 cm³/mol. The maximum Gasteiger partial charge on any atom is 0.244 e. The number of hydrogen-bond donors (Lipinski definition) is 1. The van der Waals surface area contributed by atoms with E-state index in [-0.39, 0.29) is 28.7 Å². The van der Waals surface area contributed by atoms with Crippen molar-refractivity contribution in [1.29, 1.82) is 0 Å². The molecule has 1 fully saturated rings. The average molecular weight is 579 g/mol. The molecule has 2 aliphatic heterocycles. The minimum atomic E-state index is -3.88. The lowest BCUT2D eigenvalue weighted by atomic mass is 9.78. The van der Waals surface area contributed by atoms with Crippen LogP contribution in [0, 0.1) is 19.3 Å². The molecular formula is C32H42N4O4S. The number of aromatic nitrogens is 1. The largest absolute Gasteiger partial charge is 0.497 e. The zero-order valence-corrected chi connectivity index (χ0v) is 25.6. The van der Waals surface area contributed by atoms with Gasteiger partial charge in [-0.2, -0.15) is 4.31 Å². The summed E-state index contributed by atoms with van der Waals surface area (Å²) < 4.78 is 37.3. The molecule has 2 aliphatic rings. The molecule has 5 rings (SSSR count). The van der Waals surface area contributed by atoms with Gasteiger partial charge in [0.25, 0.3) is 0 Å². The topological polar surface area (TPSA) is 83.9 Å². The van der Waals surface area contributed by atoms with E-state index in [1.165, 1.54) is 9.87 Å². The third kappa shape index (κ3) is 6.08. The number of hydrogen-bond acceptors (Lipinski definition) is 5. The summed E-state index contributed by atoms with van der Waals surface area (Å²) >= 11 is 0. The van der Waals surface area contributed by atoms with Crippen LogP contribution in [0.15, 0.2) is 65.7 Å². The molecule has 0 spiro atoms. The molecule has 220 valence electrons. The molecule has 0 aliphatic carbocycles. The van der Waals surface area contributed by atoms with Crippen LogP contribution in [-0.2, 0) is 27.9 Å². The highest BCUT2D eigenvalue weighted by molar-refractivity contribution is 7.89. The summed E-state index contributed by atoms with van der Waals surface area (Å²) in [5, 5.41) is 3.30. The smallest absolute Gasteiger partial charge is 0.244 e. The lowest BCUT2D eigenvalue weighted by Gasteiger charge is -2.45. The number of nitrogens with one attached hydrogen (secondary N) is 1. The third-order valence-corrected chi connectivity index (χ3v) is 10.8. The standard InChI is InChI=1S/C32H42N4O4S/c1-23-18-26(40-5)19-24(2)31(23)41(38,39)36-17-16-35-14-9-12-27(35)28(36)20-30(37)33-29-13-15-34(22-32(29,3)4)21-25-10-7-6-8-11-25/h6-12,14,18-19,28-29H,13,15-17,20-22H2,1-5H3,(H,33,37). The van der Waals surface area contributed by atoms with Crippen molar-refractivity contribution < 1.29 is 17.9 Å². The van der Waals surface area contributed by atoms with E-state index < -0.39 is 16.1 Å². The average Bonchev–Trinajstić information content (AvgIpc) is 3.39. The molecule has 1 saturated heterocycles. The van der Waals surface area contributed by atoms with E-state index in [0.29, 0.717) is 30.0 Å². The normalized spacial score (nSPS) is 21.3. The third-order valence-electron chi connectivity index (χ3n) is 8.62. The Morgan fingerprint density at radius 3 is 2.39 bits per heavy atom. The van der Waals surface area contributed by atoms with E-state index in [4.69, 9.17) is 4.74 Å². The molecule has 3 aromatic rings. The maximum atomic E-state index is 14.2. The molecule has 2 atom stereocenters. The number of piperidine rings is 1. The number of likely N-dealkylation sites (tertiary alicyclic amines) is 1. The number of benzene rings is 2. The molecule has 1 amide bonds. The SMILES string of the molecule is COc1cc(C)c(S(=O)(=O)N2CCn3cccc3C2CC(=O)NC2CCN(Cc3ccccc3)CC2(C)C)c(C)c1. The van der Waals surface area contributed by atoms with Crippen molar-refractivity contribution in [3.8, 4) is 5.75 Å². The van der Waals surface area contributed by atoms with Gasteiger partial charge in [0, 0.05) is 57.1 Å². The van der Waals surface area contributed by atoms with Crippen molar-refractivity contribution >= 4 is 15.9 Å². The Morgan fingerprint density at radius 1 is 1.02 bits per heavy atom. The number of carbonyl (C=O) groups excluding carboxylic acids is 1. The van der Waals surface area contributed by atoms with E-state index in [0.717, 1.165) is 31.7 Å². The molecule has 8 nitrogen and oxygen atoms in total. The van der Waals surface area contributed by atoms with Crippen LogP contribution in [0.3, 0.4) is 0 Å². The van der Waals surface area contributed by atoms with E-state index >= 15 is 0 Å². The lowest BCUT2D eigenvalue weighted by molar-refractivity contribution is -0.124. The second kappa shape index (κ2) is 11.6. The van der Waals surface area contributed by atoms with Gasteiger partial charge >= 0.3 is 0 Å². The maximum absolute atomic E-state index is 14.2. The number of nitrogens with zero attached hydrogens (tertiary/aromatic N) is 3. The first-order valence-corrected chi connectivity index (χ1v) is 15.8. The monoisotopic (exact) mass is 578 g/mol. The van der Waals surface area contributed by atoms with Gasteiger partial charge in [0.15, 0.2) is 0 Å². The molecule has 2 aromatic carbocycles. The van der Waals surface area contributed by atoms with Crippen LogP contribution >= 0.6 is 0 Å². The molecule has 41 heavy (non-hydrogen) atoms. The van der Waals surface area contributed by atoms with Crippen molar-refractivity contribution in [3.05, 3.63) is 83.2 Å². The van der Waals surface area contributed by atoms with E-state index in [1.807, 2.05) is 24.4 Å². The van der Waals surface area contributed by atoms with Crippen LogP contribution in [0.25, 0.3) is 0 Å². The Morgan fingerprint density at radius 2 is 1.73 bits per heavy atom. The highest BCUT2D eigenvalue weighted by Crippen LogP contribution is 2.37. The number of carbonyl (C=O) groups is 1. The van der Waals surface area contributed by atoms with E-state index in [2.05, 4.69) is 52.9 Å². The van der Waals surface area contributed by atoms with Gasteiger partial charge in [0.1, 0.15) is 5.75 Å². The van der Waals surface area contributed by atoms with Crippen molar-refractivity contribution in [1.82, 2.24) is 19.1 Å². The summed E-state index contributed by atoms with van der Waals surface area (Å²) in [6.45, 7) is 11.5. The van der Waals surface area contributed by atoms with Crippen molar-refractivity contribution in [2.24, 2.45) is 5.41 Å². The molecule has 1 N–H and O–H groups in total. The minimum absolute atomic E-state index is 0.00790. The summed E-state index contributed by atoms with van der Waals surface area (Å²) in [6, 6.07) is 17.2. The molecule has 9 heteroatoms. The van der Waals surface area contributed by atoms with E-state index in [9.17, 15) is 13.2 Å². The molecular weight excluding hydrogens is 536 g/mol.